The van der Waals surface area contributed by atoms with Crippen molar-refractivity contribution < 1.29 is 27.9 Å². The second-order valence-corrected chi connectivity index (χ2v) is 6.18. The van der Waals surface area contributed by atoms with Crippen molar-refractivity contribution >= 4 is 29.2 Å². The standard InChI is InChI=1S/C19H16F2N2O4/c1-27-16(24)11-2-5-13(6-3-11)22-17(25)19(8-9-19)18(26)23-15-7-4-12(20)10-14(15)21/h2-7,10H,8-9H2,1H3,(H,22,25)(H,23,26). The SMILES string of the molecule is COC(=O)c1ccc(NC(=O)C2(C(=O)Nc3ccc(F)cc3F)CC2)cc1. The Morgan fingerprint density at radius 1 is 0.963 bits per heavy atom. The Kier molecular flexibility index (Phi) is 4.89. The van der Waals surface area contributed by atoms with Gasteiger partial charge in [0, 0.05) is 11.8 Å². The highest BCUT2D eigenvalue weighted by atomic mass is 19.1. The van der Waals surface area contributed by atoms with Crippen LogP contribution in [0.1, 0.15) is 23.2 Å². The van der Waals surface area contributed by atoms with E-state index >= 15 is 0 Å². The van der Waals surface area contributed by atoms with Gasteiger partial charge in [-0.05, 0) is 49.2 Å². The van der Waals surface area contributed by atoms with E-state index in [1.165, 1.54) is 31.4 Å². The molecule has 0 saturated heterocycles. The van der Waals surface area contributed by atoms with E-state index < -0.39 is 34.8 Å². The molecule has 1 fully saturated rings. The number of rotatable bonds is 5. The summed E-state index contributed by atoms with van der Waals surface area (Å²) in [5.41, 5.74) is -0.772. The molecule has 0 spiro atoms. The fraction of sp³-hybridized carbons (Fsp3) is 0.211. The van der Waals surface area contributed by atoms with Gasteiger partial charge in [-0.15, -0.1) is 0 Å². The van der Waals surface area contributed by atoms with E-state index in [9.17, 15) is 23.2 Å². The van der Waals surface area contributed by atoms with Crippen molar-refractivity contribution in [1.29, 1.82) is 0 Å². The molecule has 6 nitrogen and oxygen atoms in total. The fourth-order valence-electron chi connectivity index (χ4n) is 2.57. The topological polar surface area (TPSA) is 84.5 Å². The van der Waals surface area contributed by atoms with E-state index in [0.717, 1.165) is 12.1 Å². The average molecular weight is 374 g/mol. The zero-order valence-corrected chi connectivity index (χ0v) is 14.3. The zero-order chi connectivity index (χ0) is 19.6. The van der Waals surface area contributed by atoms with Crippen molar-refractivity contribution in [1.82, 2.24) is 0 Å². The van der Waals surface area contributed by atoms with Gasteiger partial charge in [-0.3, -0.25) is 9.59 Å². The van der Waals surface area contributed by atoms with E-state index in [2.05, 4.69) is 15.4 Å². The van der Waals surface area contributed by atoms with Gasteiger partial charge < -0.3 is 15.4 Å². The molecule has 2 N–H and O–H groups in total. The molecule has 1 aliphatic rings. The quantitative estimate of drug-likeness (QED) is 0.622. The normalized spacial score (nSPS) is 14.2. The molecular weight excluding hydrogens is 358 g/mol. The van der Waals surface area contributed by atoms with Crippen LogP contribution in [-0.2, 0) is 14.3 Å². The van der Waals surface area contributed by atoms with Crippen LogP contribution in [0.4, 0.5) is 20.2 Å². The largest absolute Gasteiger partial charge is 0.465 e. The Bertz CT molecular complexity index is 908. The lowest BCUT2D eigenvalue weighted by molar-refractivity contribution is -0.131. The number of nitrogens with one attached hydrogen (secondary N) is 2. The molecule has 0 atom stereocenters. The molecule has 2 amide bonds. The molecule has 8 heteroatoms. The number of amides is 2. The lowest BCUT2D eigenvalue weighted by atomic mass is 10.0. The number of anilines is 2. The van der Waals surface area contributed by atoms with Crippen LogP contribution in [0.25, 0.3) is 0 Å². The van der Waals surface area contributed by atoms with Crippen LogP contribution in [0.5, 0.6) is 0 Å². The third kappa shape index (κ3) is 3.79. The van der Waals surface area contributed by atoms with Crippen molar-refractivity contribution in [3.8, 4) is 0 Å². The van der Waals surface area contributed by atoms with Crippen LogP contribution in [0, 0.1) is 17.0 Å². The lowest BCUT2D eigenvalue weighted by Crippen LogP contribution is -2.35. The maximum absolute atomic E-state index is 13.7. The highest BCUT2D eigenvalue weighted by molar-refractivity contribution is 6.17. The molecular formula is C19H16F2N2O4. The Hall–Kier alpha value is -3.29. The molecule has 0 aliphatic heterocycles. The summed E-state index contributed by atoms with van der Waals surface area (Å²) >= 11 is 0. The second kappa shape index (κ2) is 7.14. The van der Waals surface area contributed by atoms with E-state index in [4.69, 9.17) is 0 Å². The summed E-state index contributed by atoms with van der Waals surface area (Å²) in [6, 6.07) is 8.75. The first-order chi connectivity index (χ1) is 12.9. The van der Waals surface area contributed by atoms with Crippen molar-refractivity contribution in [2.75, 3.05) is 17.7 Å². The predicted molar refractivity (Wildman–Crippen MR) is 93.1 cm³/mol. The molecule has 2 aromatic rings. The number of carbonyl (C=O) groups excluding carboxylic acids is 3. The fourth-order valence-corrected chi connectivity index (χ4v) is 2.57. The van der Waals surface area contributed by atoms with Crippen molar-refractivity contribution in [2.24, 2.45) is 5.41 Å². The number of esters is 1. The summed E-state index contributed by atoms with van der Waals surface area (Å²) in [6.07, 6.45) is 0.626. The summed E-state index contributed by atoms with van der Waals surface area (Å²) in [5.74, 6) is -3.38. The number of carbonyl (C=O) groups is 3. The van der Waals surface area contributed by atoms with Gasteiger partial charge in [0.1, 0.15) is 17.0 Å². The molecule has 3 rings (SSSR count). The first-order valence-corrected chi connectivity index (χ1v) is 8.12. The molecule has 0 heterocycles. The minimum atomic E-state index is -1.30. The summed E-state index contributed by atoms with van der Waals surface area (Å²) in [6.45, 7) is 0. The highest BCUT2D eigenvalue weighted by Gasteiger charge is 2.56. The van der Waals surface area contributed by atoms with Gasteiger partial charge in [0.25, 0.3) is 0 Å². The lowest BCUT2D eigenvalue weighted by Gasteiger charge is -2.16. The summed E-state index contributed by atoms with van der Waals surface area (Å²) < 4.78 is 31.3. The summed E-state index contributed by atoms with van der Waals surface area (Å²) in [5, 5.41) is 4.95. The summed E-state index contributed by atoms with van der Waals surface area (Å²) in [4.78, 5) is 36.4. The number of hydrogen-bond donors (Lipinski definition) is 2. The number of hydrogen-bond acceptors (Lipinski definition) is 4. The van der Waals surface area contributed by atoms with Gasteiger partial charge in [-0.2, -0.15) is 0 Å². The van der Waals surface area contributed by atoms with Gasteiger partial charge >= 0.3 is 5.97 Å². The molecule has 0 bridgehead atoms. The predicted octanol–water partition coefficient (Wildman–Crippen LogP) is 3.11. The average Bonchev–Trinajstić information content (AvgIpc) is 3.46. The smallest absolute Gasteiger partial charge is 0.337 e. The minimum Gasteiger partial charge on any atom is -0.465 e. The van der Waals surface area contributed by atoms with Gasteiger partial charge in [-0.25, -0.2) is 13.6 Å². The maximum Gasteiger partial charge on any atom is 0.337 e. The molecule has 1 saturated carbocycles. The van der Waals surface area contributed by atoms with Crippen LogP contribution in [0.2, 0.25) is 0 Å². The Balaban J connectivity index is 1.68. The van der Waals surface area contributed by atoms with Crippen LogP contribution in [0.15, 0.2) is 42.5 Å². The first kappa shape index (κ1) is 18.5. The van der Waals surface area contributed by atoms with Gasteiger partial charge in [0.2, 0.25) is 11.8 Å². The number of halogens is 2. The number of benzene rings is 2. The maximum atomic E-state index is 13.7. The Morgan fingerprint density at radius 3 is 2.15 bits per heavy atom. The minimum absolute atomic E-state index is 0.192. The van der Waals surface area contributed by atoms with Crippen LogP contribution in [-0.4, -0.2) is 24.9 Å². The van der Waals surface area contributed by atoms with Gasteiger partial charge in [0.15, 0.2) is 0 Å². The van der Waals surface area contributed by atoms with E-state index in [1.807, 2.05) is 0 Å². The summed E-state index contributed by atoms with van der Waals surface area (Å²) in [7, 11) is 1.26. The molecule has 0 radical (unpaired) electrons. The molecule has 0 aromatic heterocycles. The highest BCUT2D eigenvalue weighted by Crippen LogP contribution is 2.47. The zero-order valence-electron chi connectivity index (χ0n) is 14.3. The van der Waals surface area contributed by atoms with E-state index in [1.54, 1.807) is 0 Å². The Labute approximate surface area is 153 Å². The van der Waals surface area contributed by atoms with Crippen molar-refractivity contribution in [3.63, 3.8) is 0 Å². The molecule has 1 aliphatic carbocycles. The van der Waals surface area contributed by atoms with Crippen LogP contribution < -0.4 is 10.6 Å². The third-order valence-electron chi connectivity index (χ3n) is 4.36. The Morgan fingerprint density at radius 2 is 1.59 bits per heavy atom. The molecule has 27 heavy (non-hydrogen) atoms. The second-order valence-electron chi connectivity index (χ2n) is 6.18. The van der Waals surface area contributed by atoms with Gasteiger partial charge in [-0.1, -0.05) is 0 Å². The number of ether oxygens (including phenoxy) is 1. The van der Waals surface area contributed by atoms with Crippen molar-refractivity contribution in [3.05, 3.63) is 59.7 Å². The number of methoxy groups -OCH3 is 1. The van der Waals surface area contributed by atoms with Crippen LogP contribution in [0.3, 0.4) is 0 Å². The first-order valence-electron chi connectivity index (χ1n) is 8.12. The third-order valence-corrected chi connectivity index (χ3v) is 4.36. The van der Waals surface area contributed by atoms with E-state index in [-0.39, 0.29) is 5.69 Å². The van der Waals surface area contributed by atoms with E-state index in [0.29, 0.717) is 30.2 Å². The van der Waals surface area contributed by atoms with Crippen molar-refractivity contribution in [2.45, 2.75) is 12.8 Å². The van der Waals surface area contributed by atoms with Crippen LogP contribution >= 0.6 is 0 Å². The molecule has 2 aromatic carbocycles. The monoisotopic (exact) mass is 374 g/mol. The van der Waals surface area contributed by atoms with Gasteiger partial charge in [0.05, 0.1) is 18.4 Å². The molecule has 0 unspecified atom stereocenters. The molecule has 140 valence electrons.